The van der Waals surface area contributed by atoms with E-state index < -0.39 is 5.97 Å². The number of carbonyl (C=O) groups is 1. The summed E-state index contributed by atoms with van der Waals surface area (Å²) in [5.41, 5.74) is 0.688. The summed E-state index contributed by atoms with van der Waals surface area (Å²) in [6.45, 7) is 2.36. The lowest BCUT2D eigenvalue weighted by atomic mass is 10.1. The molecule has 0 bridgehead atoms. The van der Waals surface area contributed by atoms with Crippen LogP contribution in [0, 0.1) is 0 Å². The van der Waals surface area contributed by atoms with Gasteiger partial charge in [0.2, 0.25) is 5.75 Å². The van der Waals surface area contributed by atoms with Crippen molar-refractivity contribution >= 4 is 5.97 Å². The van der Waals surface area contributed by atoms with Crippen LogP contribution in [0.4, 0.5) is 0 Å². The number of methoxy groups -OCH3 is 3. The van der Waals surface area contributed by atoms with E-state index >= 15 is 0 Å². The number of esters is 1. The summed E-state index contributed by atoms with van der Waals surface area (Å²) in [4.78, 5) is 12.3. The quantitative estimate of drug-likeness (QED) is 0.540. The third-order valence-corrected chi connectivity index (χ3v) is 3.45. The van der Waals surface area contributed by atoms with Gasteiger partial charge in [-0.2, -0.15) is 0 Å². The zero-order valence-electron chi connectivity index (χ0n) is 14.8. The Morgan fingerprint density at radius 2 is 1.48 bits per heavy atom. The molecule has 0 amide bonds. The van der Waals surface area contributed by atoms with Crippen molar-refractivity contribution in [3.63, 3.8) is 0 Å². The van der Waals surface area contributed by atoms with Gasteiger partial charge in [0, 0.05) is 0 Å². The average molecular weight is 346 g/mol. The van der Waals surface area contributed by atoms with Crippen LogP contribution in [0.1, 0.15) is 12.5 Å². The zero-order chi connectivity index (χ0) is 18.2. The van der Waals surface area contributed by atoms with Crippen molar-refractivity contribution in [3.8, 4) is 28.7 Å². The molecule has 2 aromatic carbocycles. The number of rotatable bonds is 8. The van der Waals surface area contributed by atoms with E-state index in [1.54, 1.807) is 30.3 Å². The van der Waals surface area contributed by atoms with Crippen molar-refractivity contribution < 1.29 is 28.5 Å². The number of para-hydroxylation sites is 2. The maximum Gasteiger partial charge on any atom is 0.315 e. The van der Waals surface area contributed by atoms with Crippen LogP contribution in [0.25, 0.3) is 0 Å². The summed E-state index contributed by atoms with van der Waals surface area (Å²) in [7, 11) is 4.58. The second-order valence-electron chi connectivity index (χ2n) is 5.06. The van der Waals surface area contributed by atoms with Crippen LogP contribution in [-0.2, 0) is 11.2 Å². The molecule has 0 radical (unpaired) electrons. The molecule has 25 heavy (non-hydrogen) atoms. The number of hydrogen-bond acceptors (Lipinski definition) is 6. The van der Waals surface area contributed by atoms with Crippen molar-refractivity contribution in [2.24, 2.45) is 0 Å². The Bertz CT molecular complexity index is 701. The summed E-state index contributed by atoms with van der Waals surface area (Å²) in [5.74, 6) is 1.95. The van der Waals surface area contributed by atoms with E-state index in [1.165, 1.54) is 21.3 Å². The molecular formula is C19H22O6. The normalized spacial score (nSPS) is 10.1. The molecule has 0 atom stereocenters. The molecule has 0 saturated heterocycles. The van der Waals surface area contributed by atoms with Gasteiger partial charge in [0.15, 0.2) is 23.0 Å². The molecule has 0 aromatic heterocycles. The van der Waals surface area contributed by atoms with Gasteiger partial charge in [-0.05, 0) is 36.8 Å². The Labute approximate surface area is 147 Å². The second kappa shape index (κ2) is 8.82. The fourth-order valence-electron chi connectivity index (χ4n) is 2.37. The molecule has 0 aliphatic rings. The highest BCUT2D eigenvalue weighted by atomic mass is 16.6. The predicted octanol–water partition coefficient (Wildman–Crippen LogP) is 3.26. The van der Waals surface area contributed by atoms with Gasteiger partial charge >= 0.3 is 5.97 Å². The molecule has 2 rings (SSSR count). The van der Waals surface area contributed by atoms with Crippen LogP contribution in [0.3, 0.4) is 0 Å². The Morgan fingerprint density at radius 1 is 0.880 bits per heavy atom. The number of carbonyl (C=O) groups excluding carboxylic acids is 1. The molecule has 0 N–H and O–H groups in total. The van der Waals surface area contributed by atoms with Crippen LogP contribution < -0.4 is 23.7 Å². The van der Waals surface area contributed by atoms with E-state index in [2.05, 4.69) is 0 Å². The first kappa shape index (κ1) is 18.4. The van der Waals surface area contributed by atoms with Gasteiger partial charge in [-0.15, -0.1) is 0 Å². The van der Waals surface area contributed by atoms with Gasteiger partial charge in [-0.1, -0.05) is 12.1 Å². The monoisotopic (exact) mass is 346 g/mol. The maximum atomic E-state index is 12.3. The average Bonchev–Trinajstić information content (AvgIpc) is 2.62. The summed E-state index contributed by atoms with van der Waals surface area (Å²) < 4.78 is 26.7. The van der Waals surface area contributed by atoms with Crippen LogP contribution in [0.15, 0.2) is 36.4 Å². The van der Waals surface area contributed by atoms with Crippen molar-refractivity contribution in [3.05, 3.63) is 42.0 Å². The Balaban J connectivity index is 2.18. The number of ether oxygens (including phenoxy) is 5. The van der Waals surface area contributed by atoms with Gasteiger partial charge in [0.25, 0.3) is 0 Å². The minimum absolute atomic E-state index is 0.0528. The van der Waals surface area contributed by atoms with Crippen molar-refractivity contribution in [1.29, 1.82) is 0 Å². The molecule has 6 heteroatoms. The smallest absolute Gasteiger partial charge is 0.315 e. The van der Waals surface area contributed by atoms with Crippen molar-refractivity contribution in [2.75, 3.05) is 27.9 Å². The highest BCUT2D eigenvalue weighted by molar-refractivity contribution is 5.76. The first-order chi connectivity index (χ1) is 12.1. The van der Waals surface area contributed by atoms with E-state index in [0.29, 0.717) is 40.9 Å². The topological polar surface area (TPSA) is 63.2 Å². The predicted molar refractivity (Wildman–Crippen MR) is 93.0 cm³/mol. The molecule has 0 saturated carbocycles. The zero-order valence-corrected chi connectivity index (χ0v) is 14.8. The number of benzene rings is 2. The lowest BCUT2D eigenvalue weighted by Gasteiger charge is -2.14. The van der Waals surface area contributed by atoms with Crippen molar-refractivity contribution in [2.45, 2.75) is 13.3 Å². The van der Waals surface area contributed by atoms with E-state index in [9.17, 15) is 4.79 Å². The molecule has 0 unspecified atom stereocenters. The van der Waals surface area contributed by atoms with Crippen LogP contribution in [0.2, 0.25) is 0 Å². The fraction of sp³-hybridized carbons (Fsp3) is 0.316. The Hall–Kier alpha value is -2.89. The van der Waals surface area contributed by atoms with Gasteiger partial charge < -0.3 is 23.7 Å². The second-order valence-corrected chi connectivity index (χ2v) is 5.06. The van der Waals surface area contributed by atoms with E-state index in [-0.39, 0.29) is 6.42 Å². The summed E-state index contributed by atoms with van der Waals surface area (Å²) in [6, 6.07) is 10.5. The third-order valence-electron chi connectivity index (χ3n) is 3.45. The molecule has 0 aliphatic heterocycles. The standard InChI is InChI=1S/C19H22O6/c1-5-24-14-8-6-7-9-15(14)25-18(20)12-13-10-16(21-2)19(23-4)17(11-13)22-3/h6-11H,5,12H2,1-4H3. The first-order valence-corrected chi connectivity index (χ1v) is 7.84. The Morgan fingerprint density at radius 3 is 2.00 bits per heavy atom. The lowest BCUT2D eigenvalue weighted by Crippen LogP contribution is -2.12. The summed E-state index contributed by atoms with van der Waals surface area (Å²) >= 11 is 0. The SMILES string of the molecule is CCOc1ccccc1OC(=O)Cc1cc(OC)c(OC)c(OC)c1. The fourth-order valence-corrected chi connectivity index (χ4v) is 2.37. The lowest BCUT2D eigenvalue weighted by molar-refractivity contribution is -0.133. The summed E-state index contributed by atoms with van der Waals surface area (Å²) in [6.07, 6.45) is 0.0528. The molecule has 0 fully saturated rings. The minimum atomic E-state index is -0.415. The maximum absolute atomic E-state index is 12.3. The first-order valence-electron chi connectivity index (χ1n) is 7.84. The van der Waals surface area contributed by atoms with E-state index in [0.717, 1.165) is 0 Å². The van der Waals surface area contributed by atoms with Crippen LogP contribution >= 0.6 is 0 Å². The molecule has 2 aromatic rings. The largest absolute Gasteiger partial charge is 0.493 e. The Kier molecular flexibility index (Phi) is 6.51. The van der Waals surface area contributed by atoms with Gasteiger partial charge in [0.05, 0.1) is 34.4 Å². The molecule has 0 spiro atoms. The number of hydrogen-bond donors (Lipinski definition) is 0. The van der Waals surface area contributed by atoms with Crippen molar-refractivity contribution in [1.82, 2.24) is 0 Å². The molecule has 134 valence electrons. The molecule has 0 heterocycles. The minimum Gasteiger partial charge on any atom is -0.493 e. The molecular weight excluding hydrogens is 324 g/mol. The van der Waals surface area contributed by atoms with E-state index in [1.807, 2.05) is 13.0 Å². The highest BCUT2D eigenvalue weighted by Crippen LogP contribution is 2.38. The van der Waals surface area contributed by atoms with Crippen LogP contribution in [0.5, 0.6) is 28.7 Å². The molecule has 0 aliphatic carbocycles. The third kappa shape index (κ3) is 4.56. The highest BCUT2D eigenvalue weighted by Gasteiger charge is 2.16. The molecule has 6 nitrogen and oxygen atoms in total. The van der Waals surface area contributed by atoms with Gasteiger partial charge in [0.1, 0.15) is 0 Å². The van der Waals surface area contributed by atoms with E-state index in [4.69, 9.17) is 23.7 Å². The van der Waals surface area contributed by atoms with Crippen LogP contribution in [-0.4, -0.2) is 33.9 Å². The summed E-state index contributed by atoms with van der Waals surface area (Å²) in [5, 5.41) is 0. The van der Waals surface area contributed by atoms with Gasteiger partial charge in [-0.25, -0.2) is 0 Å². The van der Waals surface area contributed by atoms with Gasteiger partial charge in [-0.3, -0.25) is 4.79 Å².